The number of halogens is 2. The number of hydrogen-bond donors (Lipinski definition) is 3. The van der Waals surface area contributed by atoms with Crippen molar-refractivity contribution in [3.8, 4) is 11.5 Å². The molecule has 1 heterocycles. The van der Waals surface area contributed by atoms with Crippen LogP contribution in [0.3, 0.4) is 0 Å². The molecular weight excluding hydrogens is 487 g/mol. The molecule has 0 spiro atoms. The van der Waals surface area contributed by atoms with Crippen LogP contribution in [0, 0.1) is 0 Å². The first-order valence-corrected chi connectivity index (χ1v) is 11.6. The molecule has 0 saturated heterocycles. The molecule has 1 unspecified atom stereocenters. The maximum absolute atomic E-state index is 12.0. The van der Waals surface area contributed by atoms with Gasteiger partial charge in [-0.1, -0.05) is 60.1 Å². The van der Waals surface area contributed by atoms with E-state index in [0.29, 0.717) is 36.1 Å². The van der Waals surface area contributed by atoms with Gasteiger partial charge in [-0.25, -0.2) is 0 Å². The van der Waals surface area contributed by atoms with Crippen molar-refractivity contribution in [1.82, 2.24) is 10.3 Å². The first-order valence-electron chi connectivity index (χ1n) is 11.2. The SMILES string of the molecule is CCOc1cccc(CNC(Cc2c[nH]c3ccccc23)C(=O)O)c1OCc1ccccc1Cl.Cl. The molecule has 0 bridgehead atoms. The second kappa shape index (κ2) is 12.5. The molecular formula is C27H28Cl2N2O4. The predicted molar refractivity (Wildman–Crippen MR) is 141 cm³/mol. The maximum atomic E-state index is 12.0. The van der Waals surface area contributed by atoms with E-state index >= 15 is 0 Å². The Kier molecular flexibility index (Phi) is 9.43. The van der Waals surface area contributed by atoms with E-state index in [2.05, 4.69) is 10.3 Å². The van der Waals surface area contributed by atoms with Crippen LogP contribution in [0.5, 0.6) is 11.5 Å². The third-order valence-corrected chi connectivity index (χ3v) is 5.99. The molecule has 1 aromatic heterocycles. The summed E-state index contributed by atoms with van der Waals surface area (Å²) in [6.45, 7) is 2.97. The average molecular weight is 515 g/mol. The predicted octanol–water partition coefficient (Wildman–Crippen LogP) is 6.01. The zero-order valence-corrected chi connectivity index (χ0v) is 20.9. The summed E-state index contributed by atoms with van der Waals surface area (Å²) >= 11 is 6.29. The highest BCUT2D eigenvalue weighted by Gasteiger charge is 2.21. The number of carboxylic acids is 1. The number of para-hydroxylation sites is 2. The van der Waals surface area contributed by atoms with Crippen LogP contribution in [0.4, 0.5) is 0 Å². The van der Waals surface area contributed by atoms with Gasteiger partial charge >= 0.3 is 5.97 Å². The molecule has 35 heavy (non-hydrogen) atoms. The van der Waals surface area contributed by atoms with E-state index in [1.54, 1.807) is 0 Å². The van der Waals surface area contributed by atoms with Crippen LogP contribution in [0.25, 0.3) is 10.9 Å². The lowest BCUT2D eigenvalue weighted by atomic mass is 10.0. The first kappa shape index (κ1) is 26.4. The summed E-state index contributed by atoms with van der Waals surface area (Å²) in [6, 6.07) is 20.2. The molecule has 1 atom stereocenters. The van der Waals surface area contributed by atoms with Crippen LogP contribution >= 0.6 is 24.0 Å². The number of ether oxygens (including phenoxy) is 2. The minimum absolute atomic E-state index is 0. The van der Waals surface area contributed by atoms with Crippen LogP contribution in [0.15, 0.2) is 72.9 Å². The van der Waals surface area contributed by atoms with E-state index in [1.807, 2.05) is 79.9 Å². The smallest absolute Gasteiger partial charge is 0.321 e. The normalized spacial score (nSPS) is 11.6. The summed E-state index contributed by atoms with van der Waals surface area (Å²) in [5.41, 5.74) is 3.61. The largest absolute Gasteiger partial charge is 0.490 e. The summed E-state index contributed by atoms with van der Waals surface area (Å²) in [5, 5.41) is 14.7. The van der Waals surface area contributed by atoms with E-state index in [9.17, 15) is 9.90 Å². The van der Waals surface area contributed by atoms with E-state index in [1.165, 1.54) is 0 Å². The number of H-pyrrole nitrogens is 1. The molecule has 3 N–H and O–H groups in total. The molecule has 8 heteroatoms. The number of carbonyl (C=O) groups is 1. The number of nitrogens with one attached hydrogen (secondary N) is 2. The van der Waals surface area contributed by atoms with Crippen molar-refractivity contribution in [2.24, 2.45) is 0 Å². The average Bonchev–Trinajstić information content (AvgIpc) is 3.25. The summed E-state index contributed by atoms with van der Waals surface area (Å²) in [5.74, 6) is 0.273. The molecule has 4 aromatic rings. The Morgan fingerprint density at radius 3 is 2.51 bits per heavy atom. The summed E-state index contributed by atoms with van der Waals surface area (Å²) in [7, 11) is 0. The van der Waals surface area contributed by atoms with E-state index in [4.69, 9.17) is 21.1 Å². The molecule has 0 fully saturated rings. The quantitative estimate of drug-likeness (QED) is 0.228. The van der Waals surface area contributed by atoms with Gasteiger partial charge in [-0.05, 0) is 30.7 Å². The molecule has 0 saturated carbocycles. The third-order valence-electron chi connectivity index (χ3n) is 5.63. The van der Waals surface area contributed by atoms with Gasteiger partial charge in [0.25, 0.3) is 0 Å². The van der Waals surface area contributed by atoms with Crippen LogP contribution < -0.4 is 14.8 Å². The fourth-order valence-electron chi connectivity index (χ4n) is 3.90. The number of aromatic nitrogens is 1. The molecule has 3 aromatic carbocycles. The molecule has 0 aliphatic rings. The molecule has 6 nitrogen and oxygen atoms in total. The second-order valence-corrected chi connectivity index (χ2v) is 8.30. The lowest BCUT2D eigenvalue weighted by molar-refractivity contribution is -0.139. The number of benzene rings is 3. The highest BCUT2D eigenvalue weighted by Crippen LogP contribution is 2.33. The minimum atomic E-state index is -0.912. The minimum Gasteiger partial charge on any atom is -0.490 e. The van der Waals surface area contributed by atoms with Crippen LogP contribution in [-0.4, -0.2) is 28.7 Å². The van der Waals surface area contributed by atoms with Crippen LogP contribution in [0.1, 0.15) is 23.6 Å². The maximum Gasteiger partial charge on any atom is 0.321 e. The van der Waals surface area contributed by atoms with E-state index < -0.39 is 12.0 Å². The monoisotopic (exact) mass is 514 g/mol. The van der Waals surface area contributed by atoms with Gasteiger partial charge in [-0.3, -0.25) is 10.1 Å². The van der Waals surface area contributed by atoms with Crippen molar-refractivity contribution >= 4 is 40.9 Å². The highest BCUT2D eigenvalue weighted by molar-refractivity contribution is 6.31. The summed E-state index contributed by atoms with van der Waals surface area (Å²) in [6.07, 6.45) is 2.22. The van der Waals surface area contributed by atoms with Gasteiger partial charge < -0.3 is 19.6 Å². The Hall–Kier alpha value is -3.19. The Bertz CT molecular complexity index is 1280. The highest BCUT2D eigenvalue weighted by atomic mass is 35.5. The lowest BCUT2D eigenvalue weighted by Gasteiger charge is -2.19. The number of aromatic amines is 1. The zero-order chi connectivity index (χ0) is 23.9. The molecule has 0 radical (unpaired) electrons. The fraction of sp³-hybridized carbons (Fsp3) is 0.222. The first-order chi connectivity index (χ1) is 16.6. The summed E-state index contributed by atoms with van der Waals surface area (Å²) in [4.78, 5) is 15.2. The molecule has 0 aliphatic heterocycles. The van der Waals surface area contributed by atoms with Gasteiger partial charge in [-0.2, -0.15) is 0 Å². The van der Waals surface area contributed by atoms with Crippen molar-refractivity contribution in [2.45, 2.75) is 32.5 Å². The Morgan fingerprint density at radius 1 is 1.00 bits per heavy atom. The van der Waals surface area contributed by atoms with Crippen molar-refractivity contribution in [1.29, 1.82) is 0 Å². The Labute approximate surface area is 215 Å². The second-order valence-electron chi connectivity index (χ2n) is 7.89. The van der Waals surface area contributed by atoms with Crippen molar-refractivity contribution in [2.75, 3.05) is 6.61 Å². The number of hydrogen-bond acceptors (Lipinski definition) is 4. The fourth-order valence-corrected chi connectivity index (χ4v) is 4.09. The van der Waals surface area contributed by atoms with Crippen molar-refractivity contribution in [3.05, 3.63) is 94.6 Å². The molecule has 0 aliphatic carbocycles. The summed E-state index contributed by atoms with van der Waals surface area (Å²) < 4.78 is 11.9. The van der Waals surface area contributed by atoms with Gasteiger partial charge in [0.15, 0.2) is 11.5 Å². The number of aliphatic carboxylic acids is 1. The van der Waals surface area contributed by atoms with Gasteiger partial charge in [0, 0.05) is 46.2 Å². The Morgan fingerprint density at radius 2 is 1.74 bits per heavy atom. The molecule has 0 amide bonds. The number of fused-ring (bicyclic) bond motifs is 1. The van der Waals surface area contributed by atoms with Crippen LogP contribution in [-0.2, 0) is 24.4 Å². The Balaban J connectivity index is 0.00000342. The van der Waals surface area contributed by atoms with E-state index in [0.717, 1.165) is 27.6 Å². The van der Waals surface area contributed by atoms with Gasteiger partial charge in [0.2, 0.25) is 0 Å². The lowest BCUT2D eigenvalue weighted by Crippen LogP contribution is -2.38. The van der Waals surface area contributed by atoms with Gasteiger partial charge in [-0.15, -0.1) is 12.4 Å². The van der Waals surface area contributed by atoms with Gasteiger partial charge in [0.05, 0.1) is 6.61 Å². The van der Waals surface area contributed by atoms with Crippen molar-refractivity contribution < 1.29 is 19.4 Å². The third kappa shape index (κ3) is 6.48. The zero-order valence-electron chi connectivity index (χ0n) is 19.3. The number of carboxylic acid groups (broad SMARTS) is 1. The van der Waals surface area contributed by atoms with Crippen LogP contribution in [0.2, 0.25) is 5.02 Å². The molecule has 4 rings (SSSR count). The standard InChI is InChI=1S/C27H27ClN2O4.ClH/c1-2-33-25-13-7-9-18(26(25)34-17-19-8-3-5-11-22(19)28)15-30-24(27(31)32)14-20-16-29-23-12-6-4-10-21(20)23;/h3-13,16,24,29-30H,2,14-15,17H2,1H3,(H,31,32);1H. The van der Waals surface area contributed by atoms with Gasteiger partial charge in [0.1, 0.15) is 12.6 Å². The topological polar surface area (TPSA) is 83.6 Å². The molecule has 184 valence electrons. The van der Waals surface area contributed by atoms with Crippen molar-refractivity contribution in [3.63, 3.8) is 0 Å². The van der Waals surface area contributed by atoms with E-state index in [-0.39, 0.29) is 19.0 Å². The number of rotatable bonds is 11.